The van der Waals surface area contributed by atoms with Crippen LogP contribution in [-0.4, -0.2) is 42.5 Å². The third-order valence-corrected chi connectivity index (χ3v) is 4.93. The van der Waals surface area contributed by atoms with Crippen LogP contribution in [0.1, 0.15) is 53.8 Å². The zero-order valence-electron chi connectivity index (χ0n) is 18.2. The maximum Gasteiger partial charge on any atom is 0.320 e. The van der Waals surface area contributed by atoms with Crippen LogP contribution in [0.15, 0.2) is 60.7 Å². The number of carbonyl (C=O) groups is 5. The highest BCUT2D eigenvalue weighted by molar-refractivity contribution is 6.16. The third kappa shape index (κ3) is 6.20. The number of hydrogen-bond acceptors (Lipinski definition) is 7. The molecule has 0 aliphatic rings. The van der Waals surface area contributed by atoms with Gasteiger partial charge in [0.05, 0.1) is 13.2 Å². The van der Waals surface area contributed by atoms with E-state index >= 15 is 0 Å². The van der Waals surface area contributed by atoms with Crippen molar-refractivity contribution in [1.82, 2.24) is 0 Å². The van der Waals surface area contributed by atoms with Gasteiger partial charge in [0.1, 0.15) is 11.8 Å². The molecule has 0 aliphatic heterocycles. The second kappa shape index (κ2) is 11.7. The van der Waals surface area contributed by atoms with E-state index in [1.807, 2.05) is 0 Å². The van der Waals surface area contributed by atoms with Crippen molar-refractivity contribution in [3.05, 3.63) is 71.8 Å². The molecule has 0 spiro atoms. The second-order valence-corrected chi connectivity index (χ2v) is 7.14. The maximum absolute atomic E-state index is 13.3. The predicted molar refractivity (Wildman–Crippen MR) is 116 cm³/mol. The number of Topliss-reactive ketones (excluding diaryl/α,β-unsaturated/α-hetero) is 3. The van der Waals surface area contributed by atoms with E-state index in [2.05, 4.69) is 0 Å². The van der Waals surface area contributed by atoms with Crippen LogP contribution in [0.25, 0.3) is 0 Å². The van der Waals surface area contributed by atoms with Gasteiger partial charge in [-0.15, -0.1) is 0 Å². The van der Waals surface area contributed by atoms with Crippen molar-refractivity contribution in [3.8, 4) is 0 Å². The molecule has 0 aliphatic carbocycles. The van der Waals surface area contributed by atoms with Crippen LogP contribution in [0.4, 0.5) is 0 Å². The molecule has 0 fully saturated rings. The minimum absolute atomic E-state index is 0.0460. The molecule has 2 rings (SSSR count). The lowest BCUT2D eigenvalue weighted by Gasteiger charge is -2.29. The molecule has 0 bridgehead atoms. The largest absolute Gasteiger partial charge is 0.466 e. The number of benzene rings is 2. The molecule has 2 aromatic carbocycles. The van der Waals surface area contributed by atoms with Crippen molar-refractivity contribution < 1.29 is 33.4 Å². The second-order valence-electron chi connectivity index (χ2n) is 7.14. The lowest BCUT2D eigenvalue weighted by atomic mass is 9.72. The van der Waals surface area contributed by atoms with Gasteiger partial charge < -0.3 is 9.47 Å². The van der Waals surface area contributed by atoms with Gasteiger partial charge in [0, 0.05) is 24.0 Å². The van der Waals surface area contributed by atoms with Crippen molar-refractivity contribution >= 4 is 29.3 Å². The van der Waals surface area contributed by atoms with Gasteiger partial charge >= 0.3 is 11.9 Å². The van der Waals surface area contributed by atoms with Crippen LogP contribution in [0.5, 0.6) is 0 Å². The molecular weight excluding hydrogens is 412 g/mol. The van der Waals surface area contributed by atoms with Crippen molar-refractivity contribution in [2.75, 3.05) is 13.2 Å². The average molecular weight is 438 g/mol. The fourth-order valence-electron chi connectivity index (χ4n) is 3.30. The highest BCUT2D eigenvalue weighted by atomic mass is 16.5. The lowest BCUT2D eigenvalue weighted by molar-refractivity contribution is -0.161. The standard InChI is InChI=1S/C25H26O7/c1-3-31-23(29)15-22(28)25(24(30)32-4-2,16-20(26)18-11-7-5-8-12-18)17-21(27)19-13-9-6-10-14-19/h5-14H,3-4,15-17H2,1-2H3. The van der Waals surface area contributed by atoms with Crippen molar-refractivity contribution in [2.24, 2.45) is 5.41 Å². The minimum Gasteiger partial charge on any atom is -0.466 e. The SMILES string of the molecule is CCOC(=O)CC(=O)C(CC(=O)c1ccccc1)(CC(=O)c1ccccc1)C(=O)OCC. The van der Waals surface area contributed by atoms with E-state index in [0.717, 1.165) is 0 Å². The summed E-state index contributed by atoms with van der Waals surface area (Å²) in [5.74, 6) is -3.77. The highest BCUT2D eigenvalue weighted by Crippen LogP contribution is 2.35. The first-order valence-corrected chi connectivity index (χ1v) is 10.4. The van der Waals surface area contributed by atoms with Crippen molar-refractivity contribution in [3.63, 3.8) is 0 Å². The third-order valence-electron chi connectivity index (χ3n) is 4.93. The molecular formula is C25H26O7. The van der Waals surface area contributed by atoms with E-state index in [0.29, 0.717) is 0 Å². The zero-order chi connectivity index (χ0) is 23.6. The smallest absolute Gasteiger partial charge is 0.320 e. The Morgan fingerprint density at radius 2 is 1.12 bits per heavy atom. The molecule has 0 amide bonds. The number of rotatable bonds is 12. The summed E-state index contributed by atoms with van der Waals surface area (Å²) in [6, 6.07) is 16.2. The molecule has 0 unspecified atom stereocenters. The molecule has 0 saturated carbocycles. The van der Waals surface area contributed by atoms with Gasteiger partial charge in [-0.05, 0) is 13.8 Å². The molecule has 7 heteroatoms. The van der Waals surface area contributed by atoms with Gasteiger partial charge in [0.25, 0.3) is 0 Å². The van der Waals surface area contributed by atoms with Gasteiger partial charge in [-0.1, -0.05) is 60.7 Å². The van der Waals surface area contributed by atoms with E-state index in [4.69, 9.17) is 9.47 Å². The Morgan fingerprint density at radius 3 is 1.53 bits per heavy atom. The van der Waals surface area contributed by atoms with Crippen LogP contribution in [0.2, 0.25) is 0 Å². The number of ether oxygens (including phenoxy) is 2. The van der Waals surface area contributed by atoms with Crippen LogP contribution in [0, 0.1) is 5.41 Å². The molecule has 7 nitrogen and oxygen atoms in total. The lowest BCUT2D eigenvalue weighted by Crippen LogP contribution is -2.45. The van der Waals surface area contributed by atoms with Gasteiger partial charge in [-0.2, -0.15) is 0 Å². The monoisotopic (exact) mass is 438 g/mol. The Labute approximate surface area is 186 Å². The summed E-state index contributed by atoms with van der Waals surface area (Å²) in [7, 11) is 0. The molecule has 0 heterocycles. The van der Waals surface area contributed by atoms with E-state index in [1.54, 1.807) is 74.5 Å². The molecule has 32 heavy (non-hydrogen) atoms. The average Bonchev–Trinajstić information content (AvgIpc) is 2.79. The minimum atomic E-state index is -2.15. The van der Waals surface area contributed by atoms with Crippen LogP contribution in [-0.2, 0) is 23.9 Å². The summed E-state index contributed by atoms with van der Waals surface area (Å²) in [5.41, 5.74) is -1.60. The zero-order valence-corrected chi connectivity index (χ0v) is 18.2. The molecule has 0 N–H and O–H groups in total. The first-order chi connectivity index (χ1) is 15.3. The highest BCUT2D eigenvalue weighted by Gasteiger charge is 2.50. The van der Waals surface area contributed by atoms with Crippen molar-refractivity contribution in [1.29, 1.82) is 0 Å². The van der Waals surface area contributed by atoms with Gasteiger partial charge in [-0.3, -0.25) is 24.0 Å². The number of ketones is 3. The van der Waals surface area contributed by atoms with Gasteiger partial charge in [0.2, 0.25) is 0 Å². The molecule has 0 radical (unpaired) electrons. The van der Waals surface area contributed by atoms with Gasteiger partial charge in [0.15, 0.2) is 17.3 Å². The quantitative estimate of drug-likeness (QED) is 0.283. The van der Waals surface area contributed by atoms with Crippen LogP contribution in [0.3, 0.4) is 0 Å². The Kier molecular flexibility index (Phi) is 9.01. The summed E-state index contributed by atoms with van der Waals surface area (Å²) >= 11 is 0. The normalized spacial score (nSPS) is 10.8. The van der Waals surface area contributed by atoms with E-state index in [1.165, 1.54) is 0 Å². The molecule has 0 atom stereocenters. The van der Waals surface area contributed by atoms with Crippen molar-refractivity contribution in [2.45, 2.75) is 33.1 Å². The Morgan fingerprint density at radius 1 is 0.688 bits per heavy atom. The fraction of sp³-hybridized carbons (Fsp3) is 0.320. The Bertz CT molecular complexity index is 911. The van der Waals surface area contributed by atoms with Crippen LogP contribution < -0.4 is 0 Å². The maximum atomic E-state index is 13.3. The molecule has 168 valence electrons. The predicted octanol–water partition coefficient (Wildman–Crippen LogP) is 3.60. The Balaban J connectivity index is 2.50. The first-order valence-electron chi connectivity index (χ1n) is 10.4. The first kappa shape index (κ1) is 24.7. The molecule has 2 aromatic rings. The molecule has 0 saturated heterocycles. The topological polar surface area (TPSA) is 104 Å². The number of esters is 2. The summed E-state index contributed by atoms with van der Waals surface area (Å²) in [6.07, 6.45) is -1.96. The molecule has 0 aromatic heterocycles. The summed E-state index contributed by atoms with van der Waals surface area (Å²) in [5, 5.41) is 0. The summed E-state index contributed by atoms with van der Waals surface area (Å²) in [6.45, 7) is 3.12. The van der Waals surface area contributed by atoms with E-state index < -0.39 is 54.0 Å². The Hall–Kier alpha value is -3.61. The fourth-order valence-corrected chi connectivity index (χ4v) is 3.30. The van der Waals surface area contributed by atoms with Gasteiger partial charge in [-0.25, -0.2) is 0 Å². The number of carbonyl (C=O) groups excluding carboxylic acids is 5. The van der Waals surface area contributed by atoms with E-state index in [-0.39, 0.29) is 24.3 Å². The summed E-state index contributed by atoms with van der Waals surface area (Å²) < 4.78 is 9.97. The number of hydrogen-bond donors (Lipinski definition) is 0. The van der Waals surface area contributed by atoms with Crippen LogP contribution >= 0.6 is 0 Å². The van der Waals surface area contributed by atoms with E-state index in [9.17, 15) is 24.0 Å². The summed E-state index contributed by atoms with van der Waals surface area (Å²) in [4.78, 5) is 64.4.